The lowest BCUT2D eigenvalue weighted by Crippen LogP contribution is -2.15. The van der Waals surface area contributed by atoms with Gasteiger partial charge in [0.05, 0.1) is 19.6 Å². The van der Waals surface area contributed by atoms with Crippen LogP contribution in [0.2, 0.25) is 0 Å². The number of esters is 1. The van der Waals surface area contributed by atoms with Crippen LogP contribution in [0.4, 0.5) is 0 Å². The lowest BCUT2D eigenvalue weighted by Gasteiger charge is -2.04. The van der Waals surface area contributed by atoms with E-state index in [2.05, 4.69) is 6.92 Å². The van der Waals surface area contributed by atoms with Gasteiger partial charge in [0.25, 0.3) is 0 Å². The Bertz CT molecular complexity index is 229. The summed E-state index contributed by atoms with van der Waals surface area (Å²) in [6.07, 6.45) is 8.75. The summed E-state index contributed by atoms with van der Waals surface area (Å²) in [5, 5.41) is 0. The highest BCUT2D eigenvalue weighted by Gasteiger charge is 2.06. The molecule has 0 aromatic heterocycles. The molecule has 4 heteroatoms. The van der Waals surface area contributed by atoms with Crippen LogP contribution < -0.4 is 5.73 Å². The second kappa shape index (κ2) is 12.6. The molecule has 0 unspecified atom stereocenters. The minimum atomic E-state index is -0.289. The highest BCUT2D eigenvalue weighted by atomic mass is 16.5. The average Bonchev–Trinajstić information content (AvgIpc) is 2.39. The Balaban J connectivity index is 3.22. The Morgan fingerprint density at radius 2 is 1.56 bits per heavy atom. The maximum atomic E-state index is 11.2. The van der Waals surface area contributed by atoms with E-state index in [1.54, 1.807) is 0 Å². The van der Waals surface area contributed by atoms with E-state index in [-0.39, 0.29) is 31.1 Å². The molecule has 0 aliphatic carbocycles. The summed E-state index contributed by atoms with van der Waals surface area (Å²) in [6, 6.07) is 0. The molecule has 0 aliphatic heterocycles. The monoisotopic (exact) mass is 257 g/mol. The summed E-state index contributed by atoms with van der Waals surface area (Å²) >= 11 is 0. The predicted octanol–water partition coefficient (Wildman–Crippen LogP) is 2.59. The van der Waals surface area contributed by atoms with Gasteiger partial charge in [-0.1, -0.05) is 45.4 Å². The van der Waals surface area contributed by atoms with Gasteiger partial charge in [-0.3, -0.25) is 9.59 Å². The molecule has 2 N–H and O–H groups in total. The van der Waals surface area contributed by atoms with Crippen molar-refractivity contribution >= 4 is 11.8 Å². The van der Waals surface area contributed by atoms with Crippen LogP contribution in [0.15, 0.2) is 0 Å². The van der Waals surface area contributed by atoms with E-state index >= 15 is 0 Å². The Morgan fingerprint density at radius 1 is 0.944 bits per heavy atom. The number of hydrogen-bond acceptors (Lipinski definition) is 4. The molecule has 0 saturated heterocycles. The quantitative estimate of drug-likeness (QED) is 0.431. The Labute approximate surface area is 110 Å². The van der Waals surface area contributed by atoms with E-state index in [0.717, 1.165) is 12.8 Å². The summed E-state index contributed by atoms with van der Waals surface area (Å²) in [5.74, 6) is -0.384. The number of hydrogen-bond donors (Lipinski definition) is 1. The van der Waals surface area contributed by atoms with Crippen molar-refractivity contribution in [2.45, 2.75) is 64.7 Å². The van der Waals surface area contributed by atoms with Crippen molar-refractivity contribution in [3.8, 4) is 0 Å². The fourth-order valence-corrected chi connectivity index (χ4v) is 1.66. The molecule has 0 rings (SSSR count). The lowest BCUT2D eigenvalue weighted by molar-refractivity contribution is -0.144. The third-order valence-electron chi connectivity index (χ3n) is 2.85. The molecule has 0 spiro atoms. The largest absolute Gasteiger partial charge is 0.466 e. The van der Waals surface area contributed by atoms with Crippen LogP contribution in [0.1, 0.15) is 64.7 Å². The van der Waals surface area contributed by atoms with Gasteiger partial charge in [-0.2, -0.15) is 0 Å². The maximum Gasteiger partial charge on any atom is 0.306 e. The number of Topliss-reactive ketones (excluding diaryl/α,β-unsaturated/α-hetero) is 1. The SMILES string of the molecule is CCCCCCCCCOC(=O)CCC(=O)CN. The highest BCUT2D eigenvalue weighted by molar-refractivity contribution is 5.84. The highest BCUT2D eigenvalue weighted by Crippen LogP contribution is 2.07. The van der Waals surface area contributed by atoms with Gasteiger partial charge in [-0.25, -0.2) is 0 Å². The third-order valence-corrected chi connectivity index (χ3v) is 2.85. The van der Waals surface area contributed by atoms with E-state index in [0.29, 0.717) is 6.61 Å². The number of ketones is 1. The molecule has 4 nitrogen and oxygen atoms in total. The van der Waals surface area contributed by atoms with Crippen LogP contribution in [0.3, 0.4) is 0 Å². The molecule has 0 amide bonds. The van der Waals surface area contributed by atoms with Gasteiger partial charge in [0.15, 0.2) is 0 Å². The molecule has 0 fully saturated rings. The normalized spacial score (nSPS) is 10.3. The Hall–Kier alpha value is -0.900. The standard InChI is InChI=1S/C14H27NO3/c1-2-3-4-5-6-7-8-11-18-14(17)10-9-13(16)12-15/h2-12,15H2,1H3. The molecule has 0 aliphatic rings. The number of rotatable bonds is 12. The first-order valence-electron chi connectivity index (χ1n) is 7.08. The molecule has 0 heterocycles. The zero-order chi connectivity index (χ0) is 13.6. The molecule has 0 bridgehead atoms. The fourth-order valence-electron chi connectivity index (χ4n) is 1.66. The van der Waals surface area contributed by atoms with Gasteiger partial charge in [0.2, 0.25) is 0 Å². The smallest absolute Gasteiger partial charge is 0.306 e. The van der Waals surface area contributed by atoms with Gasteiger partial charge in [-0.05, 0) is 6.42 Å². The van der Waals surface area contributed by atoms with Crippen LogP contribution in [0.5, 0.6) is 0 Å². The lowest BCUT2D eigenvalue weighted by atomic mass is 10.1. The van der Waals surface area contributed by atoms with Crippen LogP contribution in [0, 0.1) is 0 Å². The number of unbranched alkanes of at least 4 members (excludes halogenated alkanes) is 6. The number of nitrogens with two attached hydrogens (primary N) is 1. The summed E-state index contributed by atoms with van der Waals surface area (Å²) in [7, 11) is 0. The zero-order valence-electron chi connectivity index (χ0n) is 11.6. The van der Waals surface area contributed by atoms with Crippen molar-refractivity contribution in [2.75, 3.05) is 13.2 Å². The topological polar surface area (TPSA) is 69.4 Å². The van der Waals surface area contributed by atoms with E-state index in [1.165, 1.54) is 32.1 Å². The Kier molecular flexibility index (Phi) is 11.9. The summed E-state index contributed by atoms with van der Waals surface area (Å²) < 4.78 is 5.03. The van der Waals surface area contributed by atoms with Crippen molar-refractivity contribution in [1.82, 2.24) is 0 Å². The van der Waals surface area contributed by atoms with Crippen molar-refractivity contribution in [3.63, 3.8) is 0 Å². The van der Waals surface area contributed by atoms with Gasteiger partial charge < -0.3 is 10.5 Å². The van der Waals surface area contributed by atoms with Gasteiger partial charge in [0.1, 0.15) is 5.78 Å². The zero-order valence-corrected chi connectivity index (χ0v) is 11.6. The number of carbonyl (C=O) groups is 2. The summed E-state index contributed by atoms with van der Waals surface area (Å²) in [6.45, 7) is 2.68. The first-order chi connectivity index (χ1) is 8.70. The predicted molar refractivity (Wildman–Crippen MR) is 72.2 cm³/mol. The molecule has 18 heavy (non-hydrogen) atoms. The molecule has 0 saturated carbocycles. The molecular weight excluding hydrogens is 230 g/mol. The van der Waals surface area contributed by atoms with Gasteiger partial charge in [0, 0.05) is 6.42 Å². The van der Waals surface area contributed by atoms with E-state index in [9.17, 15) is 9.59 Å². The molecule has 0 aromatic rings. The van der Waals surface area contributed by atoms with E-state index < -0.39 is 0 Å². The third kappa shape index (κ3) is 11.6. The first-order valence-corrected chi connectivity index (χ1v) is 7.08. The van der Waals surface area contributed by atoms with E-state index in [1.807, 2.05) is 0 Å². The second-order valence-electron chi connectivity index (χ2n) is 4.58. The van der Waals surface area contributed by atoms with Gasteiger partial charge >= 0.3 is 5.97 Å². The number of carbonyl (C=O) groups excluding carboxylic acids is 2. The minimum Gasteiger partial charge on any atom is -0.466 e. The summed E-state index contributed by atoms with van der Waals surface area (Å²) in [5.41, 5.74) is 5.15. The van der Waals surface area contributed by atoms with E-state index in [4.69, 9.17) is 10.5 Å². The average molecular weight is 257 g/mol. The van der Waals surface area contributed by atoms with Crippen LogP contribution in [0.25, 0.3) is 0 Å². The van der Waals surface area contributed by atoms with Crippen LogP contribution >= 0.6 is 0 Å². The second-order valence-corrected chi connectivity index (χ2v) is 4.58. The fraction of sp³-hybridized carbons (Fsp3) is 0.857. The van der Waals surface area contributed by atoms with Gasteiger partial charge in [-0.15, -0.1) is 0 Å². The van der Waals surface area contributed by atoms with Crippen LogP contribution in [-0.4, -0.2) is 24.9 Å². The minimum absolute atomic E-state index is 0.00500. The van der Waals surface area contributed by atoms with Crippen molar-refractivity contribution < 1.29 is 14.3 Å². The van der Waals surface area contributed by atoms with Crippen LogP contribution in [-0.2, 0) is 14.3 Å². The Morgan fingerprint density at radius 3 is 2.17 bits per heavy atom. The van der Waals surface area contributed by atoms with Crippen molar-refractivity contribution in [2.24, 2.45) is 5.73 Å². The maximum absolute atomic E-state index is 11.2. The molecular formula is C14H27NO3. The number of ether oxygens (including phenoxy) is 1. The molecule has 0 aromatic carbocycles. The molecule has 0 radical (unpaired) electrons. The van der Waals surface area contributed by atoms with Crippen molar-refractivity contribution in [1.29, 1.82) is 0 Å². The summed E-state index contributed by atoms with van der Waals surface area (Å²) in [4.78, 5) is 22.1. The molecule has 106 valence electrons. The van der Waals surface area contributed by atoms with Crippen molar-refractivity contribution in [3.05, 3.63) is 0 Å². The first kappa shape index (κ1) is 17.1. The molecule has 0 atom stereocenters.